The van der Waals surface area contributed by atoms with Crippen molar-refractivity contribution in [2.24, 2.45) is 0 Å². The lowest BCUT2D eigenvalue weighted by molar-refractivity contribution is -0.137. The van der Waals surface area contributed by atoms with Crippen molar-refractivity contribution in [1.82, 2.24) is 14.7 Å². The number of para-hydroxylation sites is 1. The van der Waals surface area contributed by atoms with Gasteiger partial charge >= 0.3 is 6.18 Å². The molecule has 0 atom stereocenters. The van der Waals surface area contributed by atoms with Crippen LogP contribution in [-0.2, 0) is 11.0 Å². The summed E-state index contributed by atoms with van der Waals surface area (Å²) >= 11 is 1.56. The molecule has 3 heterocycles. The highest BCUT2D eigenvalue weighted by Crippen LogP contribution is 2.40. The number of anilines is 2. The monoisotopic (exact) mass is 581 g/mol. The zero-order valence-corrected chi connectivity index (χ0v) is 23.9. The number of likely N-dealkylation sites (N-methyl/N-ethyl adjacent to an activating group) is 2. The molecule has 39 heavy (non-hydrogen) atoms. The van der Waals surface area contributed by atoms with Crippen molar-refractivity contribution in [2.45, 2.75) is 6.18 Å². The largest absolute Gasteiger partial charge is 0.416 e. The zero-order chi connectivity index (χ0) is 26.9. The van der Waals surface area contributed by atoms with Gasteiger partial charge in [0, 0.05) is 81.6 Å². The Bertz CT molecular complexity index is 1180. The fraction of sp³-hybridized carbons (Fsp3) is 0.464. The molecule has 0 radical (unpaired) electrons. The Morgan fingerprint density at radius 2 is 1.38 bits per heavy atom. The van der Waals surface area contributed by atoms with Crippen molar-refractivity contribution >= 4 is 47.1 Å². The van der Waals surface area contributed by atoms with Gasteiger partial charge in [-0.2, -0.15) is 13.2 Å². The molecule has 5 rings (SSSR count). The fourth-order valence-corrected chi connectivity index (χ4v) is 6.32. The molecule has 3 aliphatic rings. The van der Waals surface area contributed by atoms with Gasteiger partial charge in [-0.25, -0.2) is 0 Å². The number of piperazine rings is 2. The Morgan fingerprint density at radius 3 is 2.00 bits per heavy atom. The number of halogens is 4. The Labute approximate surface area is 238 Å². The molecule has 0 bridgehead atoms. The average molecular weight is 582 g/mol. The maximum Gasteiger partial charge on any atom is 0.416 e. The second-order valence-corrected chi connectivity index (χ2v) is 11.2. The van der Waals surface area contributed by atoms with Crippen LogP contribution in [0.4, 0.5) is 24.5 Å². The topological polar surface area (TPSA) is 33.3 Å². The quantitative estimate of drug-likeness (QED) is 0.492. The van der Waals surface area contributed by atoms with Gasteiger partial charge in [0.05, 0.1) is 16.2 Å². The maximum atomic E-state index is 14.0. The Morgan fingerprint density at radius 1 is 0.795 bits per heavy atom. The first kappa shape index (κ1) is 29.6. The van der Waals surface area contributed by atoms with Crippen LogP contribution in [0.1, 0.15) is 11.1 Å². The highest BCUT2D eigenvalue weighted by molar-refractivity contribution is 8.04. The van der Waals surface area contributed by atoms with E-state index < -0.39 is 11.7 Å². The first-order valence-corrected chi connectivity index (χ1v) is 14.0. The summed E-state index contributed by atoms with van der Waals surface area (Å²) < 4.78 is 39.4. The van der Waals surface area contributed by atoms with E-state index in [2.05, 4.69) is 45.8 Å². The number of carbonyl (C=O) groups is 1. The van der Waals surface area contributed by atoms with Gasteiger partial charge in [-0.3, -0.25) is 4.79 Å². The highest BCUT2D eigenvalue weighted by atomic mass is 35.5. The van der Waals surface area contributed by atoms with Gasteiger partial charge in [0.2, 0.25) is 0 Å². The minimum absolute atomic E-state index is 0. The number of carbonyl (C=O) groups excluding carboxylic acids is 1. The van der Waals surface area contributed by atoms with Crippen LogP contribution in [-0.4, -0.2) is 99.4 Å². The molecule has 6 nitrogen and oxygen atoms in total. The first-order chi connectivity index (χ1) is 18.2. The van der Waals surface area contributed by atoms with E-state index >= 15 is 0 Å². The third-order valence-corrected chi connectivity index (χ3v) is 8.59. The number of amides is 1. The lowest BCUT2D eigenvalue weighted by Gasteiger charge is -2.40. The van der Waals surface area contributed by atoms with E-state index in [9.17, 15) is 18.0 Å². The molecule has 0 unspecified atom stereocenters. The predicted molar refractivity (Wildman–Crippen MR) is 156 cm³/mol. The predicted octanol–water partition coefficient (Wildman–Crippen LogP) is 4.58. The molecule has 3 fully saturated rings. The number of rotatable bonds is 4. The summed E-state index contributed by atoms with van der Waals surface area (Å²) in [5, 5.41) is 0. The normalized spacial score (nSPS) is 21.2. The van der Waals surface area contributed by atoms with E-state index in [0.717, 1.165) is 81.4 Å². The molecule has 0 spiro atoms. The van der Waals surface area contributed by atoms with Gasteiger partial charge < -0.3 is 24.5 Å². The lowest BCUT2D eigenvalue weighted by Crippen LogP contribution is -2.46. The molecule has 0 saturated carbocycles. The molecule has 3 aliphatic heterocycles. The summed E-state index contributed by atoms with van der Waals surface area (Å²) in [5.74, 6) is 0.527. The summed E-state index contributed by atoms with van der Waals surface area (Å²) in [5.41, 5.74) is 2.90. The molecule has 0 aliphatic carbocycles. The summed E-state index contributed by atoms with van der Waals surface area (Å²) in [6.07, 6.45) is -4.41. The number of alkyl halides is 3. The van der Waals surface area contributed by atoms with Crippen molar-refractivity contribution in [1.29, 1.82) is 0 Å². The van der Waals surface area contributed by atoms with Gasteiger partial charge in [-0.15, -0.1) is 24.2 Å². The van der Waals surface area contributed by atoms with Crippen LogP contribution in [0.3, 0.4) is 0 Å². The van der Waals surface area contributed by atoms with E-state index in [-0.39, 0.29) is 18.3 Å². The summed E-state index contributed by atoms with van der Waals surface area (Å²) in [6.45, 7) is 7.64. The number of benzene rings is 2. The minimum Gasteiger partial charge on any atom is -0.368 e. The van der Waals surface area contributed by atoms with Crippen molar-refractivity contribution in [3.63, 3.8) is 0 Å². The number of nitrogens with zero attached hydrogens (tertiary/aromatic N) is 5. The minimum atomic E-state index is -4.41. The third-order valence-electron chi connectivity index (χ3n) is 7.54. The molecule has 0 N–H and O–H groups in total. The SMILES string of the molecule is CN1CCN(C(=C2SCCN(c3ccc(C(F)(F)F)cc3)C2=O)c2ccccc2N2CCN(C)CC2)CC1.Cl. The zero-order valence-electron chi connectivity index (χ0n) is 22.3. The van der Waals surface area contributed by atoms with Crippen LogP contribution in [0, 0.1) is 0 Å². The average Bonchev–Trinajstić information content (AvgIpc) is 2.91. The molecule has 212 valence electrons. The van der Waals surface area contributed by atoms with Crippen molar-refractivity contribution < 1.29 is 18.0 Å². The van der Waals surface area contributed by atoms with Crippen molar-refractivity contribution in [3.05, 3.63) is 64.6 Å². The lowest BCUT2D eigenvalue weighted by atomic mass is 10.0. The number of hydrogen-bond acceptors (Lipinski definition) is 6. The standard InChI is InChI=1S/C28H34F3N5OS.ClH/c1-32-11-15-34(16-12-32)24-6-4-3-5-23(24)25(35-17-13-33(2)14-18-35)26-27(37)36(19-20-38-26)22-9-7-21(8-10-22)28(29,30)31;/h3-10H,11-20H2,1-2H3;1H. The molecule has 2 aromatic carbocycles. The van der Waals surface area contributed by atoms with E-state index in [4.69, 9.17) is 0 Å². The van der Waals surface area contributed by atoms with Crippen LogP contribution in [0.25, 0.3) is 5.70 Å². The van der Waals surface area contributed by atoms with Gasteiger partial charge in [0.1, 0.15) is 0 Å². The van der Waals surface area contributed by atoms with Gasteiger partial charge in [-0.05, 0) is 44.4 Å². The van der Waals surface area contributed by atoms with E-state index in [0.29, 0.717) is 22.9 Å². The van der Waals surface area contributed by atoms with Gasteiger partial charge in [0.15, 0.2) is 0 Å². The molecule has 3 saturated heterocycles. The molecule has 2 aromatic rings. The summed E-state index contributed by atoms with van der Waals surface area (Å²) in [7, 11) is 4.24. The smallest absolute Gasteiger partial charge is 0.368 e. The molecule has 11 heteroatoms. The maximum absolute atomic E-state index is 14.0. The molecule has 0 aromatic heterocycles. The molecular weight excluding hydrogens is 547 g/mol. The van der Waals surface area contributed by atoms with Gasteiger partial charge in [-0.1, -0.05) is 18.2 Å². The second-order valence-electron chi connectivity index (χ2n) is 10.1. The summed E-state index contributed by atoms with van der Waals surface area (Å²) in [4.78, 5) is 25.7. The van der Waals surface area contributed by atoms with E-state index in [1.165, 1.54) is 12.1 Å². The third kappa shape index (κ3) is 6.51. The van der Waals surface area contributed by atoms with Crippen molar-refractivity contribution in [2.75, 3.05) is 88.6 Å². The highest BCUT2D eigenvalue weighted by Gasteiger charge is 2.34. The van der Waals surface area contributed by atoms with E-state index in [1.54, 1.807) is 16.7 Å². The fourth-order valence-electron chi connectivity index (χ4n) is 5.23. The van der Waals surface area contributed by atoms with Crippen molar-refractivity contribution in [3.8, 4) is 0 Å². The van der Waals surface area contributed by atoms with Crippen LogP contribution in [0.2, 0.25) is 0 Å². The van der Waals surface area contributed by atoms with E-state index in [1.807, 2.05) is 12.1 Å². The Kier molecular flexibility index (Phi) is 9.41. The van der Waals surface area contributed by atoms with Crippen LogP contribution < -0.4 is 9.80 Å². The van der Waals surface area contributed by atoms with Crippen LogP contribution in [0.15, 0.2) is 53.4 Å². The first-order valence-electron chi connectivity index (χ1n) is 13.0. The van der Waals surface area contributed by atoms with Crippen LogP contribution in [0.5, 0.6) is 0 Å². The van der Waals surface area contributed by atoms with Crippen LogP contribution >= 0.6 is 24.2 Å². The molecule has 1 amide bonds. The Hall–Kier alpha value is -2.40. The number of hydrogen-bond donors (Lipinski definition) is 0. The van der Waals surface area contributed by atoms with Gasteiger partial charge in [0.25, 0.3) is 5.91 Å². The molecular formula is C28H35ClF3N5OS. The number of thioether (sulfide) groups is 1. The summed E-state index contributed by atoms with van der Waals surface area (Å²) in [6, 6.07) is 13.2. The second kappa shape index (κ2) is 12.4. The Balaban J connectivity index is 0.00000353.